The predicted octanol–water partition coefficient (Wildman–Crippen LogP) is 3.85. The minimum atomic E-state index is -0.309. The van der Waals surface area contributed by atoms with Crippen LogP contribution in [0.4, 0.5) is 4.39 Å². The molecule has 1 aromatic carbocycles. The van der Waals surface area contributed by atoms with Gasteiger partial charge in [-0.3, -0.25) is 4.98 Å². The molecule has 2 rings (SSSR count). The molecule has 3 heteroatoms. The first-order valence-electron chi connectivity index (χ1n) is 4.55. The number of hydrogen-bond acceptors (Lipinski definition) is 1. The van der Waals surface area contributed by atoms with Gasteiger partial charge in [-0.15, -0.1) is 0 Å². The first-order valence-corrected chi connectivity index (χ1v) is 4.93. The number of nitrogens with zero attached hydrogens (tertiary/aromatic N) is 1. The SMILES string of the molecule is Cc1cnc(-c2ccccc2F)c(Cl)c1. The van der Waals surface area contributed by atoms with Crippen molar-refractivity contribution in [1.29, 1.82) is 0 Å². The van der Waals surface area contributed by atoms with E-state index < -0.39 is 0 Å². The van der Waals surface area contributed by atoms with Crippen molar-refractivity contribution in [2.75, 3.05) is 0 Å². The van der Waals surface area contributed by atoms with E-state index >= 15 is 0 Å². The molecule has 0 unspecified atom stereocenters. The summed E-state index contributed by atoms with van der Waals surface area (Å²) in [5.74, 6) is -0.309. The molecule has 0 amide bonds. The monoisotopic (exact) mass is 221 g/mol. The third-order valence-corrected chi connectivity index (χ3v) is 2.39. The fourth-order valence-corrected chi connectivity index (χ4v) is 1.71. The molecule has 0 aliphatic heterocycles. The molecule has 0 radical (unpaired) electrons. The lowest BCUT2D eigenvalue weighted by atomic mass is 10.1. The van der Waals surface area contributed by atoms with Crippen LogP contribution in [0.15, 0.2) is 36.5 Å². The number of rotatable bonds is 1. The first-order chi connectivity index (χ1) is 7.18. The molecule has 0 fully saturated rings. The van der Waals surface area contributed by atoms with Crippen LogP contribution in [0.3, 0.4) is 0 Å². The maximum atomic E-state index is 13.5. The minimum absolute atomic E-state index is 0.309. The molecule has 1 aromatic heterocycles. The molecule has 0 aliphatic rings. The topological polar surface area (TPSA) is 12.9 Å². The number of aryl methyl sites for hydroxylation is 1. The van der Waals surface area contributed by atoms with Crippen LogP contribution >= 0.6 is 11.6 Å². The summed E-state index contributed by atoms with van der Waals surface area (Å²) in [7, 11) is 0. The second kappa shape index (κ2) is 3.99. The Hall–Kier alpha value is -1.41. The van der Waals surface area contributed by atoms with Crippen molar-refractivity contribution in [3.63, 3.8) is 0 Å². The van der Waals surface area contributed by atoms with Crippen LogP contribution in [0.5, 0.6) is 0 Å². The van der Waals surface area contributed by atoms with Crippen molar-refractivity contribution < 1.29 is 4.39 Å². The molecule has 0 saturated heterocycles. The predicted molar refractivity (Wildman–Crippen MR) is 59.4 cm³/mol. The normalized spacial score (nSPS) is 10.3. The van der Waals surface area contributed by atoms with E-state index in [0.29, 0.717) is 16.3 Å². The van der Waals surface area contributed by atoms with Gasteiger partial charge in [0.15, 0.2) is 0 Å². The Morgan fingerprint density at radius 2 is 2.00 bits per heavy atom. The van der Waals surface area contributed by atoms with Gasteiger partial charge in [-0.1, -0.05) is 23.7 Å². The van der Waals surface area contributed by atoms with Crippen LogP contribution in [0.2, 0.25) is 5.02 Å². The van der Waals surface area contributed by atoms with E-state index in [-0.39, 0.29) is 5.82 Å². The van der Waals surface area contributed by atoms with Gasteiger partial charge in [-0.2, -0.15) is 0 Å². The fraction of sp³-hybridized carbons (Fsp3) is 0.0833. The Morgan fingerprint density at radius 1 is 1.27 bits per heavy atom. The smallest absolute Gasteiger partial charge is 0.132 e. The molecule has 2 aromatic rings. The number of hydrogen-bond donors (Lipinski definition) is 0. The molecule has 0 saturated carbocycles. The van der Waals surface area contributed by atoms with Crippen LogP contribution in [0.25, 0.3) is 11.3 Å². The molecule has 0 atom stereocenters. The summed E-state index contributed by atoms with van der Waals surface area (Å²) in [5.41, 5.74) is 1.88. The van der Waals surface area contributed by atoms with Crippen LogP contribution in [0, 0.1) is 12.7 Å². The van der Waals surface area contributed by atoms with Gasteiger partial charge in [0.05, 0.1) is 10.7 Å². The van der Waals surface area contributed by atoms with Gasteiger partial charge in [-0.25, -0.2) is 4.39 Å². The Bertz CT molecular complexity index is 497. The lowest BCUT2D eigenvalue weighted by Crippen LogP contribution is -1.89. The zero-order chi connectivity index (χ0) is 10.8. The zero-order valence-corrected chi connectivity index (χ0v) is 8.92. The Morgan fingerprint density at radius 3 is 2.67 bits per heavy atom. The standard InChI is InChI=1S/C12H9ClFN/c1-8-6-10(13)12(15-7-8)9-4-2-3-5-11(9)14/h2-7H,1H3. The highest BCUT2D eigenvalue weighted by molar-refractivity contribution is 6.33. The third kappa shape index (κ3) is 2.00. The average Bonchev–Trinajstić information content (AvgIpc) is 2.20. The van der Waals surface area contributed by atoms with Crippen molar-refractivity contribution in [3.8, 4) is 11.3 Å². The molecule has 1 nitrogen and oxygen atoms in total. The van der Waals surface area contributed by atoms with E-state index in [9.17, 15) is 4.39 Å². The minimum Gasteiger partial charge on any atom is -0.254 e. The van der Waals surface area contributed by atoms with E-state index in [1.807, 2.05) is 6.92 Å². The summed E-state index contributed by atoms with van der Waals surface area (Å²) >= 11 is 6.01. The second-order valence-electron chi connectivity index (χ2n) is 3.32. The van der Waals surface area contributed by atoms with Gasteiger partial charge in [0.1, 0.15) is 5.82 Å². The summed E-state index contributed by atoms with van der Waals surface area (Å²) in [5, 5.41) is 0.472. The van der Waals surface area contributed by atoms with E-state index in [2.05, 4.69) is 4.98 Å². The largest absolute Gasteiger partial charge is 0.254 e. The van der Waals surface area contributed by atoms with Gasteiger partial charge in [0, 0.05) is 11.8 Å². The Labute approximate surface area is 92.5 Å². The van der Waals surface area contributed by atoms with E-state index in [4.69, 9.17) is 11.6 Å². The highest BCUT2D eigenvalue weighted by atomic mass is 35.5. The van der Waals surface area contributed by atoms with Gasteiger partial charge in [-0.05, 0) is 30.7 Å². The zero-order valence-electron chi connectivity index (χ0n) is 8.17. The van der Waals surface area contributed by atoms with Crippen molar-refractivity contribution in [2.24, 2.45) is 0 Å². The fourth-order valence-electron chi connectivity index (χ4n) is 1.38. The van der Waals surface area contributed by atoms with Gasteiger partial charge in [0.2, 0.25) is 0 Å². The quantitative estimate of drug-likeness (QED) is 0.713. The maximum absolute atomic E-state index is 13.5. The molecule has 0 bridgehead atoms. The number of pyridine rings is 1. The van der Waals surface area contributed by atoms with E-state index in [1.54, 1.807) is 30.5 Å². The summed E-state index contributed by atoms with van der Waals surface area (Å²) in [6.07, 6.45) is 1.67. The Balaban J connectivity index is 2.60. The van der Waals surface area contributed by atoms with Crippen molar-refractivity contribution in [1.82, 2.24) is 4.98 Å². The van der Waals surface area contributed by atoms with Gasteiger partial charge in [0.25, 0.3) is 0 Å². The molecule has 0 N–H and O–H groups in total. The van der Waals surface area contributed by atoms with E-state index in [1.165, 1.54) is 6.07 Å². The lowest BCUT2D eigenvalue weighted by Gasteiger charge is -2.05. The van der Waals surface area contributed by atoms with Crippen molar-refractivity contribution >= 4 is 11.6 Å². The number of benzene rings is 1. The highest BCUT2D eigenvalue weighted by Crippen LogP contribution is 2.27. The van der Waals surface area contributed by atoms with Crippen LogP contribution in [-0.2, 0) is 0 Å². The summed E-state index contributed by atoms with van der Waals surface area (Å²) in [6, 6.07) is 8.24. The summed E-state index contributed by atoms with van der Waals surface area (Å²) in [4.78, 5) is 4.14. The van der Waals surface area contributed by atoms with Gasteiger partial charge < -0.3 is 0 Å². The molecule has 0 spiro atoms. The van der Waals surface area contributed by atoms with Crippen LogP contribution in [-0.4, -0.2) is 4.98 Å². The third-order valence-electron chi connectivity index (χ3n) is 2.11. The van der Waals surface area contributed by atoms with Crippen molar-refractivity contribution in [3.05, 3.63) is 52.9 Å². The maximum Gasteiger partial charge on any atom is 0.132 e. The number of aromatic nitrogens is 1. The lowest BCUT2D eigenvalue weighted by molar-refractivity contribution is 0.630. The summed E-state index contributed by atoms with van der Waals surface area (Å²) in [6.45, 7) is 1.89. The average molecular weight is 222 g/mol. The van der Waals surface area contributed by atoms with Gasteiger partial charge >= 0.3 is 0 Å². The summed E-state index contributed by atoms with van der Waals surface area (Å²) < 4.78 is 13.5. The molecule has 1 heterocycles. The Kier molecular flexibility index (Phi) is 2.69. The molecule has 76 valence electrons. The first kappa shape index (κ1) is 10.1. The molecule has 0 aliphatic carbocycles. The highest BCUT2D eigenvalue weighted by Gasteiger charge is 2.09. The second-order valence-corrected chi connectivity index (χ2v) is 3.73. The molecular formula is C12H9ClFN. The molecule has 15 heavy (non-hydrogen) atoms. The van der Waals surface area contributed by atoms with Crippen molar-refractivity contribution in [2.45, 2.75) is 6.92 Å². The van der Waals surface area contributed by atoms with Crippen LogP contribution < -0.4 is 0 Å². The molecular weight excluding hydrogens is 213 g/mol. The number of halogens is 2. The van der Waals surface area contributed by atoms with E-state index in [0.717, 1.165) is 5.56 Å². The van der Waals surface area contributed by atoms with Crippen LogP contribution in [0.1, 0.15) is 5.56 Å².